The van der Waals surface area contributed by atoms with Crippen molar-refractivity contribution in [3.63, 3.8) is 0 Å². The van der Waals surface area contributed by atoms with Crippen molar-refractivity contribution >= 4 is 40.0 Å². The summed E-state index contributed by atoms with van der Waals surface area (Å²) in [5, 5.41) is 11.7. The molecular formula is C13H20N4O2S2. The summed E-state index contributed by atoms with van der Waals surface area (Å²) in [6.45, 7) is 4.56. The van der Waals surface area contributed by atoms with Crippen LogP contribution in [0.3, 0.4) is 0 Å². The van der Waals surface area contributed by atoms with Crippen molar-refractivity contribution in [2.75, 3.05) is 17.2 Å². The van der Waals surface area contributed by atoms with E-state index in [4.69, 9.17) is 0 Å². The van der Waals surface area contributed by atoms with Gasteiger partial charge in [0.15, 0.2) is 4.34 Å². The van der Waals surface area contributed by atoms with Crippen LogP contribution in [-0.2, 0) is 9.59 Å². The van der Waals surface area contributed by atoms with Gasteiger partial charge in [-0.05, 0) is 19.3 Å². The third-order valence-electron chi connectivity index (χ3n) is 2.98. The number of aromatic nitrogens is 2. The lowest BCUT2D eigenvalue weighted by atomic mass is 10.4. The number of hydrogen-bond donors (Lipinski definition) is 1. The maximum Gasteiger partial charge on any atom is 0.230 e. The van der Waals surface area contributed by atoms with Gasteiger partial charge >= 0.3 is 0 Å². The van der Waals surface area contributed by atoms with Crippen LogP contribution < -0.4 is 10.2 Å². The zero-order valence-electron chi connectivity index (χ0n) is 12.3. The maximum atomic E-state index is 12.0. The molecule has 0 saturated heterocycles. The van der Waals surface area contributed by atoms with Crippen LogP contribution in [0.25, 0.3) is 0 Å². The van der Waals surface area contributed by atoms with Crippen molar-refractivity contribution in [2.24, 2.45) is 0 Å². The third-order valence-corrected chi connectivity index (χ3v) is 5.04. The smallest absolute Gasteiger partial charge is 0.230 e. The number of anilines is 1. The molecule has 1 aliphatic carbocycles. The molecule has 0 spiro atoms. The van der Waals surface area contributed by atoms with E-state index in [1.165, 1.54) is 23.1 Å². The van der Waals surface area contributed by atoms with E-state index >= 15 is 0 Å². The number of carbonyl (C=O) groups excluding carboxylic acids is 2. The van der Waals surface area contributed by atoms with Crippen molar-refractivity contribution in [3.05, 3.63) is 0 Å². The van der Waals surface area contributed by atoms with E-state index in [0.717, 1.165) is 23.6 Å². The van der Waals surface area contributed by atoms with Gasteiger partial charge in [-0.3, -0.25) is 14.5 Å². The summed E-state index contributed by atoms with van der Waals surface area (Å²) in [5.74, 6) is 0.424. The quantitative estimate of drug-likeness (QED) is 0.584. The predicted molar refractivity (Wildman–Crippen MR) is 84.7 cm³/mol. The molecule has 1 aliphatic rings. The Hall–Kier alpha value is -1.15. The topological polar surface area (TPSA) is 75.2 Å². The van der Waals surface area contributed by atoms with Crippen molar-refractivity contribution in [1.29, 1.82) is 0 Å². The van der Waals surface area contributed by atoms with Crippen LogP contribution in [0, 0.1) is 0 Å². The summed E-state index contributed by atoms with van der Waals surface area (Å²) in [6, 6.07) is 0.288. The van der Waals surface area contributed by atoms with E-state index in [1.54, 1.807) is 4.90 Å². The van der Waals surface area contributed by atoms with Gasteiger partial charge in [-0.1, -0.05) is 36.9 Å². The molecule has 2 amide bonds. The average molecular weight is 328 g/mol. The molecule has 1 N–H and O–H groups in total. The largest absolute Gasteiger partial charge is 0.355 e. The van der Waals surface area contributed by atoms with E-state index < -0.39 is 0 Å². The molecule has 1 heterocycles. The first-order valence-electron chi connectivity index (χ1n) is 7.20. The summed E-state index contributed by atoms with van der Waals surface area (Å²) >= 11 is 2.75. The van der Waals surface area contributed by atoms with Crippen LogP contribution in [0.4, 0.5) is 5.13 Å². The number of carbonyl (C=O) groups is 2. The maximum absolute atomic E-state index is 12.0. The first-order valence-corrected chi connectivity index (χ1v) is 9.01. The van der Waals surface area contributed by atoms with Crippen molar-refractivity contribution in [2.45, 2.75) is 49.9 Å². The Morgan fingerprint density at radius 2 is 2.14 bits per heavy atom. The van der Waals surface area contributed by atoms with Gasteiger partial charge in [0.05, 0.1) is 5.75 Å². The molecule has 1 aromatic rings. The number of rotatable bonds is 8. The first kappa shape index (κ1) is 16.2. The Labute approximate surface area is 132 Å². The van der Waals surface area contributed by atoms with E-state index in [9.17, 15) is 9.59 Å². The number of nitrogens with zero attached hydrogens (tertiary/aromatic N) is 3. The Balaban J connectivity index is 1.91. The number of nitrogens with one attached hydrogen (secondary N) is 1. The molecule has 1 fully saturated rings. The zero-order chi connectivity index (χ0) is 15.2. The second kappa shape index (κ2) is 7.74. The van der Waals surface area contributed by atoms with Gasteiger partial charge in [0.25, 0.3) is 0 Å². The standard InChI is InChI=1S/C13H20N4O2S2/c1-3-7-14-10(18)8-20-13-16-15-12(21-13)17(9-5-6-9)11(19)4-2/h9H,3-8H2,1-2H3,(H,14,18). The lowest BCUT2D eigenvalue weighted by molar-refractivity contribution is -0.119. The Morgan fingerprint density at radius 1 is 1.38 bits per heavy atom. The molecule has 0 radical (unpaired) electrons. The minimum Gasteiger partial charge on any atom is -0.355 e. The SMILES string of the molecule is CCCNC(=O)CSc1nnc(N(C(=O)CC)C2CC2)s1. The summed E-state index contributed by atoms with van der Waals surface area (Å²) in [4.78, 5) is 25.3. The van der Waals surface area contributed by atoms with E-state index in [2.05, 4.69) is 15.5 Å². The average Bonchev–Trinajstić information content (AvgIpc) is 3.21. The molecule has 116 valence electrons. The highest BCUT2D eigenvalue weighted by Crippen LogP contribution is 2.36. The molecule has 0 aromatic carbocycles. The molecule has 0 atom stereocenters. The Kier molecular flexibility index (Phi) is 5.98. The molecule has 8 heteroatoms. The number of thioether (sulfide) groups is 1. The van der Waals surface area contributed by atoms with Gasteiger partial charge in [0, 0.05) is 19.0 Å². The first-order chi connectivity index (χ1) is 10.2. The highest BCUT2D eigenvalue weighted by atomic mass is 32.2. The zero-order valence-corrected chi connectivity index (χ0v) is 13.9. The predicted octanol–water partition coefficient (Wildman–Crippen LogP) is 2.06. The summed E-state index contributed by atoms with van der Waals surface area (Å²) in [6.07, 6.45) is 3.47. The van der Waals surface area contributed by atoms with Gasteiger partial charge in [-0.15, -0.1) is 10.2 Å². The van der Waals surface area contributed by atoms with Gasteiger partial charge in [0.2, 0.25) is 16.9 Å². The molecule has 1 saturated carbocycles. The van der Waals surface area contributed by atoms with Crippen LogP contribution in [0.15, 0.2) is 4.34 Å². The van der Waals surface area contributed by atoms with Crippen molar-refractivity contribution < 1.29 is 9.59 Å². The molecular weight excluding hydrogens is 308 g/mol. The molecule has 6 nitrogen and oxygen atoms in total. The van der Waals surface area contributed by atoms with E-state index in [0.29, 0.717) is 23.8 Å². The van der Waals surface area contributed by atoms with Crippen LogP contribution in [0.5, 0.6) is 0 Å². The molecule has 0 bridgehead atoms. The molecule has 0 unspecified atom stereocenters. The second-order valence-corrected chi connectivity index (χ2v) is 7.02. The van der Waals surface area contributed by atoms with E-state index in [1.807, 2.05) is 13.8 Å². The fraction of sp³-hybridized carbons (Fsp3) is 0.692. The molecule has 0 aliphatic heterocycles. The Morgan fingerprint density at radius 3 is 2.76 bits per heavy atom. The summed E-state index contributed by atoms with van der Waals surface area (Å²) in [7, 11) is 0. The minimum atomic E-state index is 0.00211. The highest BCUT2D eigenvalue weighted by molar-refractivity contribution is 8.01. The Bertz CT molecular complexity index is 502. The van der Waals surface area contributed by atoms with Crippen LogP contribution in [-0.4, -0.2) is 40.4 Å². The van der Waals surface area contributed by atoms with Crippen LogP contribution in [0.1, 0.15) is 39.5 Å². The lowest BCUT2D eigenvalue weighted by Crippen LogP contribution is -2.32. The van der Waals surface area contributed by atoms with Gasteiger partial charge in [-0.2, -0.15) is 0 Å². The number of amides is 2. The summed E-state index contributed by atoms with van der Waals surface area (Å²) in [5.41, 5.74) is 0. The molecule has 21 heavy (non-hydrogen) atoms. The monoisotopic (exact) mass is 328 g/mol. The third kappa shape index (κ3) is 4.67. The van der Waals surface area contributed by atoms with Crippen molar-refractivity contribution in [1.82, 2.24) is 15.5 Å². The van der Waals surface area contributed by atoms with Crippen LogP contribution >= 0.6 is 23.1 Å². The highest BCUT2D eigenvalue weighted by Gasteiger charge is 2.35. The van der Waals surface area contributed by atoms with Gasteiger partial charge in [-0.25, -0.2) is 0 Å². The van der Waals surface area contributed by atoms with E-state index in [-0.39, 0.29) is 17.9 Å². The molecule has 1 aromatic heterocycles. The van der Waals surface area contributed by atoms with Gasteiger partial charge in [0.1, 0.15) is 0 Å². The fourth-order valence-electron chi connectivity index (χ4n) is 1.77. The molecule has 2 rings (SSSR count). The van der Waals surface area contributed by atoms with Crippen molar-refractivity contribution in [3.8, 4) is 0 Å². The fourth-order valence-corrected chi connectivity index (χ4v) is 3.53. The lowest BCUT2D eigenvalue weighted by Gasteiger charge is -2.17. The normalized spacial score (nSPS) is 14.0. The van der Waals surface area contributed by atoms with Gasteiger partial charge < -0.3 is 5.32 Å². The number of hydrogen-bond acceptors (Lipinski definition) is 6. The summed E-state index contributed by atoms with van der Waals surface area (Å²) < 4.78 is 0.728. The second-order valence-electron chi connectivity index (χ2n) is 4.84. The van der Waals surface area contributed by atoms with Crippen LogP contribution in [0.2, 0.25) is 0 Å². The minimum absolute atomic E-state index is 0.00211.